The molecule has 16 heavy (non-hydrogen) atoms. The third-order valence-electron chi connectivity index (χ3n) is 2.89. The highest BCUT2D eigenvalue weighted by Gasteiger charge is 2.21. The van der Waals surface area contributed by atoms with Gasteiger partial charge in [0.25, 0.3) is 0 Å². The molecule has 2 nitrogen and oxygen atoms in total. The number of rotatable bonds is 3. The standard InChI is InChI=1S/C12H13F2NO/c13-10-3-1-2-9(12(10)14)11(16)6-8-4-5-15-7-8/h1-3,8,15H,4-7H2. The highest BCUT2D eigenvalue weighted by atomic mass is 19.2. The molecular formula is C12H13F2NO. The molecule has 0 amide bonds. The van der Waals surface area contributed by atoms with E-state index in [4.69, 9.17) is 0 Å². The van der Waals surface area contributed by atoms with E-state index in [1.54, 1.807) is 0 Å². The normalized spacial score (nSPS) is 20.0. The first kappa shape index (κ1) is 11.2. The molecule has 1 aromatic carbocycles. The molecular weight excluding hydrogens is 212 g/mol. The van der Waals surface area contributed by atoms with Crippen LogP contribution in [0.5, 0.6) is 0 Å². The van der Waals surface area contributed by atoms with Crippen LogP contribution in [0.15, 0.2) is 18.2 Å². The van der Waals surface area contributed by atoms with Gasteiger partial charge in [-0.15, -0.1) is 0 Å². The summed E-state index contributed by atoms with van der Waals surface area (Å²) in [5.41, 5.74) is -0.132. The molecule has 1 aliphatic rings. The number of hydrogen-bond acceptors (Lipinski definition) is 2. The average Bonchev–Trinajstić information content (AvgIpc) is 2.74. The van der Waals surface area contributed by atoms with E-state index < -0.39 is 11.6 Å². The minimum atomic E-state index is -1.03. The summed E-state index contributed by atoms with van der Waals surface area (Å²) in [5, 5.41) is 3.14. The summed E-state index contributed by atoms with van der Waals surface area (Å²) in [7, 11) is 0. The molecule has 1 aromatic rings. The second-order valence-corrected chi connectivity index (χ2v) is 4.09. The zero-order valence-electron chi connectivity index (χ0n) is 8.80. The Morgan fingerprint density at radius 3 is 2.94 bits per heavy atom. The van der Waals surface area contributed by atoms with E-state index in [9.17, 15) is 13.6 Å². The van der Waals surface area contributed by atoms with Gasteiger partial charge in [-0.2, -0.15) is 0 Å². The second-order valence-electron chi connectivity index (χ2n) is 4.09. The van der Waals surface area contributed by atoms with Crippen molar-refractivity contribution in [1.82, 2.24) is 5.32 Å². The van der Waals surface area contributed by atoms with E-state index in [1.807, 2.05) is 0 Å². The van der Waals surface area contributed by atoms with Gasteiger partial charge in [-0.3, -0.25) is 4.79 Å². The molecule has 0 spiro atoms. The first-order valence-corrected chi connectivity index (χ1v) is 5.36. The third kappa shape index (κ3) is 2.27. The van der Waals surface area contributed by atoms with E-state index in [1.165, 1.54) is 12.1 Å². The summed E-state index contributed by atoms with van der Waals surface area (Å²) in [5.74, 6) is -2.06. The number of hydrogen-bond donors (Lipinski definition) is 1. The smallest absolute Gasteiger partial charge is 0.169 e. The lowest BCUT2D eigenvalue weighted by Crippen LogP contribution is -2.14. The monoisotopic (exact) mass is 225 g/mol. The molecule has 4 heteroatoms. The van der Waals surface area contributed by atoms with Gasteiger partial charge in [0.15, 0.2) is 17.4 Å². The van der Waals surface area contributed by atoms with Crippen LogP contribution in [-0.4, -0.2) is 18.9 Å². The first-order valence-electron chi connectivity index (χ1n) is 5.36. The van der Waals surface area contributed by atoms with Crippen LogP contribution in [-0.2, 0) is 0 Å². The zero-order valence-corrected chi connectivity index (χ0v) is 8.80. The molecule has 1 saturated heterocycles. The molecule has 1 N–H and O–H groups in total. The van der Waals surface area contributed by atoms with Gasteiger partial charge in [0.05, 0.1) is 5.56 Å². The molecule has 1 unspecified atom stereocenters. The second kappa shape index (κ2) is 4.70. The Bertz CT molecular complexity index is 400. The minimum absolute atomic E-state index is 0.132. The summed E-state index contributed by atoms with van der Waals surface area (Å²) >= 11 is 0. The van der Waals surface area contributed by atoms with Crippen LogP contribution in [0.4, 0.5) is 8.78 Å². The summed E-state index contributed by atoms with van der Waals surface area (Å²) in [6, 6.07) is 3.71. The van der Waals surface area contributed by atoms with E-state index in [0.717, 1.165) is 25.6 Å². The summed E-state index contributed by atoms with van der Waals surface area (Å²) in [6.07, 6.45) is 1.20. The Hall–Kier alpha value is -1.29. The van der Waals surface area contributed by atoms with Gasteiger partial charge >= 0.3 is 0 Å². The fourth-order valence-electron chi connectivity index (χ4n) is 1.98. The van der Waals surface area contributed by atoms with Crippen molar-refractivity contribution in [2.75, 3.05) is 13.1 Å². The Kier molecular flexibility index (Phi) is 3.29. The molecule has 2 rings (SSSR count). The largest absolute Gasteiger partial charge is 0.316 e. The van der Waals surface area contributed by atoms with Gasteiger partial charge in [-0.05, 0) is 37.6 Å². The van der Waals surface area contributed by atoms with Crippen LogP contribution in [0.2, 0.25) is 0 Å². The molecule has 0 aliphatic carbocycles. The average molecular weight is 225 g/mol. The van der Waals surface area contributed by atoms with Gasteiger partial charge in [0.2, 0.25) is 0 Å². The van der Waals surface area contributed by atoms with Crippen molar-refractivity contribution in [2.24, 2.45) is 5.92 Å². The number of nitrogens with one attached hydrogen (secondary N) is 1. The van der Waals surface area contributed by atoms with Gasteiger partial charge in [-0.1, -0.05) is 6.07 Å². The lowest BCUT2D eigenvalue weighted by Gasteiger charge is -2.07. The van der Waals surface area contributed by atoms with E-state index in [-0.39, 0.29) is 23.7 Å². The maximum Gasteiger partial charge on any atom is 0.169 e. The van der Waals surface area contributed by atoms with Crippen molar-refractivity contribution in [3.8, 4) is 0 Å². The predicted molar refractivity (Wildman–Crippen MR) is 56.3 cm³/mol. The van der Waals surface area contributed by atoms with Crippen molar-refractivity contribution in [3.05, 3.63) is 35.4 Å². The van der Waals surface area contributed by atoms with Crippen LogP contribution < -0.4 is 5.32 Å². The highest BCUT2D eigenvalue weighted by molar-refractivity contribution is 5.96. The van der Waals surface area contributed by atoms with Crippen molar-refractivity contribution in [2.45, 2.75) is 12.8 Å². The fraction of sp³-hybridized carbons (Fsp3) is 0.417. The van der Waals surface area contributed by atoms with Crippen LogP contribution >= 0.6 is 0 Å². The number of Topliss-reactive ketones (excluding diaryl/α,β-unsaturated/α-hetero) is 1. The van der Waals surface area contributed by atoms with Crippen LogP contribution in [0.25, 0.3) is 0 Å². The van der Waals surface area contributed by atoms with Crippen molar-refractivity contribution < 1.29 is 13.6 Å². The molecule has 86 valence electrons. The van der Waals surface area contributed by atoms with Gasteiger partial charge < -0.3 is 5.32 Å². The molecule has 0 bridgehead atoms. The molecule has 1 aliphatic heterocycles. The summed E-state index contributed by atoms with van der Waals surface area (Å²) in [4.78, 5) is 11.7. The van der Waals surface area contributed by atoms with Crippen LogP contribution in [0, 0.1) is 17.6 Å². The fourth-order valence-corrected chi connectivity index (χ4v) is 1.98. The topological polar surface area (TPSA) is 29.1 Å². The molecule has 1 heterocycles. The number of halogens is 2. The summed E-state index contributed by atoms with van der Waals surface area (Å²) in [6.45, 7) is 1.67. The SMILES string of the molecule is O=C(CC1CCNC1)c1cccc(F)c1F. The molecule has 0 saturated carbocycles. The minimum Gasteiger partial charge on any atom is -0.316 e. The number of ketones is 1. The number of carbonyl (C=O) groups is 1. The molecule has 0 radical (unpaired) electrons. The Labute approximate surface area is 92.7 Å². The molecule has 0 aromatic heterocycles. The van der Waals surface area contributed by atoms with Crippen LogP contribution in [0.1, 0.15) is 23.2 Å². The van der Waals surface area contributed by atoms with E-state index >= 15 is 0 Å². The lowest BCUT2D eigenvalue weighted by atomic mass is 9.97. The van der Waals surface area contributed by atoms with Gasteiger partial charge in [0.1, 0.15) is 0 Å². The van der Waals surface area contributed by atoms with Crippen molar-refractivity contribution in [1.29, 1.82) is 0 Å². The van der Waals surface area contributed by atoms with Gasteiger partial charge in [-0.25, -0.2) is 8.78 Å². The van der Waals surface area contributed by atoms with Crippen molar-refractivity contribution in [3.63, 3.8) is 0 Å². The third-order valence-corrected chi connectivity index (χ3v) is 2.89. The van der Waals surface area contributed by atoms with E-state index in [0.29, 0.717) is 0 Å². The lowest BCUT2D eigenvalue weighted by molar-refractivity contribution is 0.0959. The van der Waals surface area contributed by atoms with Crippen LogP contribution in [0.3, 0.4) is 0 Å². The van der Waals surface area contributed by atoms with Gasteiger partial charge in [0, 0.05) is 6.42 Å². The highest BCUT2D eigenvalue weighted by Crippen LogP contribution is 2.19. The maximum absolute atomic E-state index is 13.3. The Morgan fingerprint density at radius 2 is 2.25 bits per heavy atom. The first-order chi connectivity index (χ1) is 7.68. The predicted octanol–water partition coefficient (Wildman–Crippen LogP) is 2.15. The number of benzene rings is 1. The zero-order chi connectivity index (χ0) is 11.5. The quantitative estimate of drug-likeness (QED) is 0.798. The Balaban J connectivity index is 2.11. The Morgan fingerprint density at radius 1 is 1.44 bits per heavy atom. The summed E-state index contributed by atoms with van der Waals surface area (Å²) < 4.78 is 26.2. The molecule has 1 fully saturated rings. The maximum atomic E-state index is 13.3. The molecule has 1 atom stereocenters. The number of carbonyl (C=O) groups excluding carboxylic acids is 1. The van der Waals surface area contributed by atoms with E-state index in [2.05, 4.69) is 5.32 Å². The van der Waals surface area contributed by atoms with Crippen molar-refractivity contribution >= 4 is 5.78 Å².